The Balaban J connectivity index is 1.69. The van der Waals surface area contributed by atoms with Crippen molar-refractivity contribution in [2.75, 3.05) is 23.8 Å². The second-order valence-electron chi connectivity index (χ2n) is 6.70. The van der Waals surface area contributed by atoms with E-state index in [1.54, 1.807) is 30.3 Å². The van der Waals surface area contributed by atoms with Crippen molar-refractivity contribution in [3.8, 4) is 11.4 Å². The summed E-state index contributed by atoms with van der Waals surface area (Å²) in [6, 6.07) is 10.9. The maximum Gasteiger partial charge on any atom is 0.212 e. The van der Waals surface area contributed by atoms with E-state index in [1.807, 2.05) is 0 Å². The molecule has 0 spiro atoms. The molecule has 0 amide bonds. The van der Waals surface area contributed by atoms with Crippen molar-refractivity contribution in [3.63, 3.8) is 0 Å². The molecule has 8 heteroatoms. The zero-order valence-corrected chi connectivity index (χ0v) is 15.2. The Hall–Kier alpha value is -3.13. The molecule has 1 aliphatic heterocycles. The Morgan fingerprint density at radius 2 is 1.86 bits per heavy atom. The molecule has 2 N–H and O–H groups in total. The Labute approximate surface area is 161 Å². The first kappa shape index (κ1) is 18.2. The van der Waals surface area contributed by atoms with Gasteiger partial charge in [0.1, 0.15) is 17.5 Å². The predicted molar refractivity (Wildman–Crippen MR) is 102 cm³/mol. The van der Waals surface area contributed by atoms with Gasteiger partial charge >= 0.3 is 0 Å². The molecule has 1 fully saturated rings. The van der Waals surface area contributed by atoms with Crippen LogP contribution in [0.25, 0.3) is 11.4 Å². The smallest absolute Gasteiger partial charge is 0.212 e. The molecule has 3 aromatic rings. The highest BCUT2D eigenvalue weighted by atomic mass is 19.1. The summed E-state index contributed by atoms with van der Waals surface area (Å²) in [6.45, 7) is 3.34. The minimum Gasteiger partial charge on any atom is -0.379 e. The number of halogens is 2. The number of aromatic nitrogens is 3. The average molecular weight is 383 g/mol. The SMILES string of the molecule is CC1COCC1Nc1cc(Nc2ccc(F)nc2)nc(-c2ccccc2F)n1. The van der Waals surface area contributed by atoms with Gasteiger partial charge < -0.3 is 15.4 Å². The molecule has 6 nitrogen and oxygen atoms in total. The molecule has 2 aromatic heterocycles. The van der Waals surface area contributed by atoms with Crippen molar-refractivity contribution in [1.29, 1.82) is 0 Å². The predicted octanol–water partition coefficient (Wildman–Crippen LogP) is 4.01. The van der Waals surface area contributed by atoms with E-state index >= 15 is 0 Å². The Kier molecular flexibility index (Phi) is 5.12. The van der Waals surface area contributed by atoms with Crippen molar-refractivity contribution < 1.29 is 13.5 Å². The number of benzene rings is 1. The third-order valence-electron chi connectivity index (χ3n) is 4.54. The average Bonchev–Trinajstić information content (AvgIpc) is 3.08. The molecule has 0 radical (unpaired) electrons. The summed E-state index contributed by atoms with van der Waals surface area (Å²) in [5.74, 6) is 0.574. The summed E-state index contributed by atoms with van der Waals surface area (Å²) in [5.41, 5.74) is 0.852. The number of hydrogen-bond acceptors (Lipinski definition) is 6. The van der Waals surface area contributed by atoms with Crippen LogP contribution in [-0.4, -0.2) is 34.2 Å². The third-order valence-corrected chi connectivity index (χ3v) is 4.54. The summed E-state index contributed by atoms with van der Waals surface area (Å²) < 4.78 is 32.8. The molecular weight excluding hydrogens is 364 g/mol. The lowest BCUT2D eigenvalue weighted by Gasteiger charge is -2.17. The molecule has 28 heavy (non-hydrogen) atoms. The normalized spacial score (nSPS) is 18.8. The van der Waals surface area contributed by atoms with Gasteiger partial charge in [-0.3, -0.25) is 0 Å². The summed E-state index contributed by atoms with van der Waals surface area (Å²) in [6.07, 6.45) is 1.36. The molecule has 0 bridgehead atoms. The van der Waals surface area contributed by atoms with E-state index in [0.717, 1.165) is 0 Å². The molecule has 3 heterocycles. The maximum absolute atomic E-state index is 14.3. The number of nitrogens with one attached hydrogen (secondary N) is 2. The quantitative estimate of drug-likeness (QED) is 0.649. The first-order chi connectivity index (χ1) is 13.6. The van der Waals surface area contributed by atoms with Gasteiger partial charge in [-0.05, 0) is 24.3 Å². The number of nitrogens with zero attached hydrogens (tertiary/aromatic N) is 3. The molecule has 2 atom stereocenters. The van der Waals surface area contributed by atoms with Crippen LogP contribution in [0, 0.1) is 17.7 Å². The van der Waals surface area contributed by atoms with Crippen LogP contribution in [0.3, 0.4) is 0 Å². The molecule has 0 aliphatic carbocycles. The second kappa shape index (κ2) is 7.85. The largest absolute Gasteiger partial charge is 0.379 e. The Bertz CT molecular complexity index is 967. The number of pyridine rings is 1. The number of ether oxygens (including phenoxy) is 1. The Morgan fingerprint density at radius 3 is 2.57 bits per heavy atom. The van der Waals surface area contributed by atoms with Crippen LogP contribution in [-0.2, 0) is 4.74 Å². The summed E-state index contributed by atoms with van der Waals surface area (Å²) in [7, 11) is 0. The minimum absolute atomic E-state index is 0.101. The van der Waals surface area contributed by atoms with Gasteiger partial charge in [-0.25, -0.2) is 19.3 Å². The van der Waals surface area contributed by atoms with Gasteiger partial charge in [0.25, 0.3) is 0 Å². The lowest BCUT2D eigenvalue weighted by Crippen LogP contribution is -2.26. The molecule has 1 saturated heterocycles. The van der Waals surface area contributed by atoms with Crippen LogP contribution in [0.5, 0.6) is 0 Å². The fourth-order valence-electron chi connectivity index (χ4n) is 2.98. The van der Waals surface area contributed by atoms with Crippen molar-refractivity contribution in [2.24, 2.45) is 5.92 Å². The van der Waals surface area contributed by atoms with Gasteiger partial charge in [0.05, 0.1) is 36.7 Å². The lowest BCUT2D eigenvalue weighted by molar-refractivity contribution is 0.187. The summed E-state index contributed by atoms with van der Waals surface area (Å²) >= 11 is 0. The maximum atomic E-state index is 14.3. The number of rotatable bonds is 5. The molecule has 0 saturated carbocycles. The first-order valence-electron chi connectivity index (χ1n) is 8.95. The third kappa shape index (κ3) is 4.07. The highest BCUT2D eigenvalue weighted by Gasteiger charge is 2.25. The van der Waals surface area contributed by atoms with Gasteiger partial charge in [-0.1, -0.05) is 19.1 Å². The summed E-state index contributed by atoms with van der Waals surface area (Å²) in [4.78, 5) is 12.5. The molecule has 2 unspecified atom stereocenters. The first-order valence-corrected chi connectivity index (χ1v) is 8.95. The van der Waals surface area contributed by atoms with E-state index < -0.39 is 11.8 Å². The molecule has 1 aliphatic rings. The van der Waals surface area contributed by atoms with Crippen LogP contribution in [0.4, 0.5) is 26.1 Å². The van der Waals surface area contributed by atoms with Crippen molar-refractivity contribution >= 4 is 17.3 Å². The standard InChI is InChI=1S/C20H19F2N5O/c1-12-10-28-11-16(12)25-19-8-18(24-13-6-7-17(22)23-9-13)26-20(27-19)14-4-2-3-5-15(14)21/h2-9,12,16H,10-11H2,1H3,(H2,24,25,26,27). The second-order valence-corrected chi connectivity index (χ2v) is 6.70. The van der Waals surface area contributed by atoms with Crippen LogP contribution < -0.4 is 10.6 Å². The van der Waals surface area contributed by atoms with E-state index in [9.17, 15) is 8.78 Å². The van der Waals surface area contributed by atoms with E-state index in [1.165, 1.54) is 18.3 Å². The van der Waals surface area contributed by atoms with Gasteiger partial charge in [0.2, 0.25) is 5.95 Å². The molecular formula is C20H19F2N5O. The van der Waals surface area contributed by atoms with Crippen LogP contribution in [0.1, 0.15) is 6.92 Å². The van der Waals surface area contributed by atoms with Crippen LogP contribution >= 0.6 is 0 Å². The van der Waals surface area contributed by atoms with E-state index in [2.05, 4.69) is 32.5 Å². The van der Waals surface area contributed by atoms with Gasteiger partial charge in [0.15, 0.2) is 5.82 Å². The van der Waals surface area contributed by atoms with E-state index in [-0.39, 0.29) is 11.9 Å². The fraction of sp³-hybridized carbons (Fsp3) is 0.250. The summed E-state index contributed by atoms with van der Waals surface area (Å²) in [5, 5.41) is 6.40. The van der Waals surface area contributed by atoms with Crippen molar-refractivity contribution in [1.82, 2.24) is 15.0 Å². The monoisotopic (exact) mass is 383 g/mol. The van der Waals surface area contributed by atoms with Gasteiger partial charge in [-0.15, -0.1) is 0 Å². The van der Waals surface area contributed by atoms with Gasteiger partial charge in [0, 0.05) is 12.0 Å². The van der Waals surface area contributed by atoms with Crippen molar-refractivity contribution in [2.45, 2.75) is 13.0 Å². The fourth-order valence-corrected chi connectivity index (χ4v) is 2.98. The van der Waals surface area contributed by atoms with Crippen LogP contribution in [0.15, 0.2) is 48.7 Å². The molecule has 4 rings (SSSR count). The highest BCUT2D eigenvalue weighted by molar-refractivity contribution is 5.65. The van der Waals surface area contributed by atoms with E-state index in [4.69, 9.17) is 4.74 Å². The van der Waals surface area contributed by atoms with Crippen LogP contribution in [0.2, 0.25) is 0 Å². The number of hydrogen-bond donors (Lipinski definition) is 2. The van der Waals surface area contributed by atoms with E-state index in [0.29, 0.717) is 42.0 Å². The van der Waals surface area contributed by atoms with Gasteiger partial charge in [-0.2, -0.15) is 4.39 Å². The zero-order chi connectivity index (χ0) is 19.5. The van der Waals surface area contributed by atoms with Crippen molar-refractivity contribution in [3.05, 3.63) is 60.4 Å². The lowest BCUT2D eigenvalue weighted by atomic mass is 10.1. The minimum atomic E-state index is -0.571. The number of anilines is 3. The molecule has 1 aromatic carbocycles. The highest BCUT2D eigenvalue weighted by Crippen LogP contribution is 2.26. The zero-order valence-electron chi connectivity index (χ0n) is 15.2. The topological polar surface area (TPSA) is 72.0 Å². The molecule has 144 valence electrons. The Morgan fingerprint density at radius 1 is 1.04 bits per heavy atom.